The van der Waals surface area contributed by atoms with Crippen LogP contribution in [0.25, 0.3) is 15.6 Å². The monoisotopic (exact) mass is 629 g/mol. The minimum atomic E-state index is -3.31. The van der Waals surface area contributed by atoms with Crippen LogP contribution in [0.15, 0.2) is 49.1 Å². The van der Waals surface area contributed by atoms with Gasteiger partial charge in [0.05, 0.1) is 17.5 Å². The smallest absolute Gasteiger partial charge is 0.318 e. The number of fused-ring (bicyclic) bond motifs is 2. The van der Waals surface area contributed by atoms with Crippen molar-refractivity contribution in [2.24, 2.45) is 0 Å². The summed E-state index contributed by atoms with van der Waals surface area (Å²) in [6.45, 7) is 16.6. The summed E-state index contributed by atoms with van der Waals surface area (Å²) in [7, 11) is -1.73. The van der Waals surface area contributed by atoms with Crippen LogP contribution >= 0.6 is 0 Å². The second-order valence-electron chi connectivity index (χ2n) is 12.0. The lowest BCUT2D eigenvalue weighted by Crippen LogP contribution is -2.56. The Morgan fingerprint density at radius 3 is 2.67 bits per heavy atom. The topological polar surface area (TPSA) is 104 Å². The first-order chi connectivity index (χ1) is 21.7. The maximum absolute atomic E-state index is 12.6. The molecule has 0 bridgehead atoms. The van der Waals surface area contributed by atoms with Gasteiger partial charge < -0.3 is 24.3 Å². The number of nitrogens with zero attached hydrogens (tertiary/aromatic N) is 7. The van der Waals surface area contributed by atoms with Crippen LogP contribution < -0.4 is 14.5 Å². The first-order valence-electron chi connectivity index (χ1n) is 15.4. The van der Waals surface area contributed by atoms with E-state index in [0.29, 0.717) is 39.0 Å². The molecule has 11 nitrogen and oxygen atoms in total. The summed E-state index contributed by atoms with van der Waals surface area (Å²) in [6.07, 6.45) is 3.43. The number of rotatable bonds is 10. The number of hydrogen-bond donors (Lipinski definition) is 0. The molecule has 3 heterocycles. The molecule has 1 aliphatic carbocycles. The van der Waals surface area contributed by atoms with Gasteiger partial charge in [-0.25, -0.2) is 19.3 Å². The van der Waals surface area contributed by atoms with Crippen molar-refractivity contribution in [2.45, 2.75) is 44.0 Å². The Bertz CT molecular complexity index is 1760. The van der Waals surface area contributed by atoms with E-state index >= 15 is 0 Å². The summed E-state index contributed by atoms with van der Waals surface area (Å²) in [6, 6.07) is 12.6. The third-order valence-corrected chi connectivity index (χ3v) is 11.4. The van der Waals surface area contributed by atoms with Gasteiger partial charge in [-0.15, -0.1) is 0 Å². The number of sulfonamides is 1. The molecule has 1 amide bonds. The zero-order valence-electron chi connectivity index (χ0n) is 25.9. The van der Waals surface area contributed by atoms with E-state index < -0.39 is 10.0 Å². The highest BCUT2D eigenvalue weighted by atomic mass is 32.2. The highest BCUT2D eigenvalue weighted by Gasteiger charge is 2.39. The largest absolute Gasteiger partial charge is 0.462 e. The molecule has 3 aromatic rings. The molecule has 0 radical (unpaired) electrons. The minimum absolute atomic E-state index is 0.120. The van der Waals surface area contributed by atoms with Crippen LogP contribution in [0.3, 0.4) is 0 Å². The maximum atomic E-state index is 12.6. The molecule has 6 rings (SSSR count). The van der Waals surface area contributed by atoms with Crippen molar-refractivity contribution >= 4 is 38.2 Å². The van der Waals surface area contributed by atoms with Crippen LogP contribution in [0.4, 0.5) is 11.5 Å². The molecular formula is C33H39N7O4S. The second-order valence-corrected chi connectivity index (χ2v) is 14.3. The predicted molar refractivity (Wildman–Crippen MR) is 175 cm³/mol. The fourth-order valence-electron chi connectivity index (χ4n) is 6.42. The molecule has 0 unspecified atom stereocenters. The average molecular weight is 630 g/mol. The second kappa shape index (κ2) is 12.7. The number of piperazine rings is 1. The van der Waals surface area contributed by atoms with Crippen LogP contribution in [-0.4, -0.2) is 97.7 Å². The molecular weight excluding hydrogens is 590 g/mol. The van der Waals surface area contributed by atoms with Crippen molar-refractivity contribution in [3.05, 3.63) is 77.3 Å². The van der Waals surface area contributed by atoms with Gasteiger partial charge in [-0.3, -0.25) is 4.79 Å². The molecule has 1 saturated carbocycles. The highest BCUT2D eigenvalue weighted by molar-refractivity contribution is 7.90. The Kier molecular flexibility index (Phi) is 8.66. The van der Waals surface area contributed by atoms with Gasteiger partial charge in [0, 0.05) is 56.4 Å². The molecule has 236 valence electrons. The van der Waals surface area contributed by atoms with Crippen LogP contribution in [0.2, 0.25) is 0 Å². The molecule has 12 heteroatoms. The van der Waals surface area contributed by atoms with Crippen LogP contribution in [0.1, 0.15) is 29.7 Å². The van der Waals surface area contributed by atoms with E-state index in [2.05, 4.69) is 64.5 Å². The molecule has 0 spiro atoms. The zero-order valence-corrected chi connectivity index (χ0v) is 26.7. The number of likely N-dealkylation sites (N-methyl/N-ethyl adjacent to an activating group) is 1. The summed E-state index contributed by atoms with van der Waals surface area (Å²) in [4.78, 5) is 32.1. The lowest BCUT2D eigenvalue weighted by atomic mass is 9.99. The number of ether oxygens (including phenoxy) is 1. The van der Waals surface area contributed by atoms with Crippen molar-refractivity contribution in [3.8, 4) is 6.01 Å². The number of carbonyl (C=O) groups is 1. The first kappa shape index (κ1) is 30.8. The van der Waals surface area contributed by atoms with Gasteiger partial charge in [0.25, 0.3) is 0 Å². The van der Waals surface area contributed by atoms with Gasteiger partial charge in [0.2, 0.25) is 22.5 Å². The lowest BCUT2D eigenvalue weighted by molar-refractivity contribution is -0.128. The molecule has 45 heavy (non-hydrogen) atoms. The van der Waals surface area contributed by atoms with E-state index in [1.54, 1.807) is 11.9 Å². The van der Waals surface area contributed by atoms with Gasteiger partial charge in [0.15, 0.2) is 0 Å². The molecule has 1 atom stereocenters. The van der Waals surface area contributed by atoms with Gasteiger partial charge in [0.1, 0.15) is 18.5 Å². The van der Waals surface area contributed by atoms with E-state index in [-0.39, 0.29) is 42.9 Å². The van der Waals surface area contributed by atoms with Crippen LogP contribution in [0.5, 0.6) is 6.01 Å². The predicted octanol–water partition coefficient (Wildman–Crippen LogP) is 3.43. The molecule has 1 saturated heterocycles. The Morgan fingerprint density at radius 1 is 1.16 bits per heavy atom. The highest BCUT2D eigenvalue weighted by Crippen LogP contribution is 2.36. The zero-order chi connectivity index (χ0) is 31.7. The lowest BCUT2D eigenvalue weighted by Gasteiger charge is -2.41. The Balaban J connectivity index is 1.31. The maximum Gasteiger partial charge on any atom is 0.318 e. The SMILES string of the molecule is [C-]#[N+]C[C@H]1CN(c2nc(OCCN(C)S(=O)(=O)C3CC3)nc3c2CCN(c2cccc4cccc(C)c24)C3)CCN1C(=O)C=C. The normalized spacial score (nSPS) is 18.5. The quantitative estimate of drug-likeness (QED) is 0.248. The fraction of sp³-hybridized carbons (Fsp3) is 0.455. The minimum Gasteiger partial charge on any atom is -0.462 e. The fourth-order valence-corrected chi connectivity index (χ4v) is 7.99. The molecule has 2 aliphatic heterocycles. The third kappa shape index (κ3) is 6.19. The molecule has 2 aromatic carbocycles. The number of aryl methyl sites for hydroxylation is 1. The summed E-state index contributed by atoms with van der Waals surface area (Å²) in [5, 5.41) is 2.13. The number of amides is 1. The summed E-state index contributed by atoms with van der Waals surface area (Å²) >= 11 is 0. The summed E-state index contributed by atoms with van der Waals surface area (Å²) in [5.74, 6) is 0.576. The Hall–Kier alpha value is -4.21. The standard InChI is InChI=1S/C33H39N7O4S/c1-5-30(41)40-17-16-39(21-25(40)20-34-3)32-27-14-15-38(29-11-7-10-24-9-6-8-23(2)31(24)29)22-28(27)35-33(36-32)44-19-18-37(4)45(42,43)26-12-13-26/h5-11,25-26H,1,12-22H2,2,4H3/t25-/m0/s1. The summed E-state index contributed by atoms with van der Waals surface area (Å²) < 4.78 is 32.7. The molecule has 0 N–H and O–H groups in total. The van der Waals surface area contributed by atoms with Gasteiger partial charge in [-0.1, -0.05) is 36.9 Å². The van der Waals surface area contributed by atoms with Crippen molar-refractivity contribution < 1.29 is 17.9 Å². The van der Waals surface area contributed by atoms with Crippen LogP contribution in [-0.2, 0) is 27.8 Å². The number of hydrogen-bond acceptors (Lipinski definition) is 8. The first-order valence-corrected chi connectivity index (χ1v) is 16.9. The molecule has 3 aliphatic rings. The van der Waals surface area contributed by atoms with E-state index in [9.17, 15) is 13.2 Å². The Morgan fingerprint density at radius 2 is 1.93 bits per heavy atom. The van der Waals surface area contributed by atoms with E-state index in [1.807, 2.05) is 0 Å². The molecule has 1 aromatic heterocycles. The third-order valence-electron chi connectivity index (χ3n) is 9.01. The molecule has 2 fully saturated rings. The van der Waals surface area contributed by atoms with Crippen molar-refractivity contribution in [1.82, 2.24) is 19.2 Å². The van der Waals surface area contributed by atoms with Crippen molar-refractivity contribution in [1.29, 1.82) is 0 Å². The van der Waals surface area contributed by atoms with E-state index in [1.165, 1.54) is 26.7 Å². The average Bonchev–Trinajstić information content (AvgIpc) is 3.90. The number of anilines is 2. The van der Waals surface area contributed by atoms with Gasteiger partial charge >= 0.3 is 6.01 Å². The van der Waals surface area contributed by atoms with Crippen LogP contribution in [0, 0.1) is 13.5 Å². The van der Waals surface area contributed by atoms with Crippen molar-refractivity contribution in [2.75, 3.05) is 62.7 Å². The van der Waals surface area contributed by atoms with Gasteiger partial charge in [-0.2, -0.15) is 9.97 Å². The summed E-state index contributed by atoms with van der Waals surface area (Å²) in [5.41, 5.74) is 4.26. The van der Waals surface area contributed by atoms with E-state index in [0.717, 1.165) is 35.7 Å². The number of aromatic nitrogens is 2. The van der Waals surface area contributed by atoms with Crippen molar-refractivity contribution in [3.63, 3.8) is 0 Å². The number of carbonyl (C=O) groups excluding carboxylic acids is 1. The Labute approximate surface area is 265 Å². The van der Waals surface area contributed by atoms with Gasteiger partial charge in [-0.05, 0) is 49.3 Å². The number of benzene rings is 2. The van der Waals surface area contributed by atoms with E-state index in [4.69, 9.17) is 21.3 Å².